The van der Waals surface area contributed by atoms with Gasteiger partial charge in [-0.15, -0.1) is 0 Å². The van der Waals surface area contributed by atoms with Gasteiger partial charge < -0.3 is 4.90 Å². The second-order valence-corrected chi connectivity index (χ2v) is 6.23. The van der Waals surface area contributed by atoms with Gasteiger partial charge in [-0.05, 0) is 30.7 Å². The molecule has 0 aromatic heterocycles. The molecular formula is C19H23NO2. The largest absolute Gasteiger partial charge is 0.374 e. The fourth-order valence-corrected chi connectivity index (χ4v) is 3.62. The number of hydrogen-bond donors (Lipinski definition) is 0. The van der Waals surface area contributed by atoms with Crippen molar-refractivity contribution in [2.75, 3.05) is 13.1 Å². The van der Waals surface area contributed by atoms with E-state index in [1.807, 2.05) is 25.1 Å². The van der Waals surface area contributed by atoms with Gasteiger partial charge in [-0.2, -0.15) is 0 Å². The maximum Gasteiger partial charge on any atom is 0.168 e. The predicted molar refractivity (Wildman–Crippen MR) is 86.6 cm³/mol. The maximum atomic E-state index is 12.6. The minimum atomic E-state index is 0.0124. The summed E-state index contributed by atoms with van der Waals surface area (Å²) >= 11 is 0. The van der Waals surface area contributed by atoms with Gasteiger partial charge in [0, 0.05) is 31.6 Å². The summed E-state index contributed by atoms with van der Waals surface area (Å²) in [5.41, 5.74) is 2.71. The third-order valence-corrected chi connectivity index (χ3v) is 4.80. The van der Waals surface area contributed by atoms with Crippen molar-refractivity contribution < 1.29 is 9.59 Å². The van der Waals surface area contributed by atoms with Crippen LogP contribution in [0.15, 0.2) is 41.6 Å². The molecule has 116 valence electrons. The summed E-state index contributed by atoms with van der Waals surface area (Å²) in [6, 6.07) is 10.2. The Morgan fingerprint density at radius 3 is 2.45 bits per heavy atom. The molecule has 22 heavy (non-hydrogen) atoms. The Morgan fingerprint density at radius 1 is 1.14 bits per heavy atom. The quantitative estimate of drug-likeness (QED) is 0.799. The van der Waals surface area contributed by atoms with Crippen LogP contribution >= 0.6 is 0 Å². The molecule has 0 amide bonds. The van der Waals surface area contributed by atoms with Crippen molar-refractivity contribution in [1.29, 1.82) is 0 Å². The number of allylic oxidation sites excluding steroid dienone is 2. The van der Waals surface area contributed by atoms with Crippen LogP contribution in [0.5, 0.6) is 0 Å². The molecule has 1 aliphatic carbocycles. The van der Waals surface area contributed by atoms with Gasteiger partial charge in [0.25, 0.3) is 0 Å². The van der Waals surface area contributed by atoms with E-state index < -0.39 is 0 Å². The lowest BCUT2D eigenvalue weighted by Crippen LogP contribution is -2.31. The van der Waals surface area contributed by atoms with E-state index in [4.69, 9.17) is 0 Å². The zero-order valence-electron chi connectivity index (χ0n) is 13.2. The Balaban J connectivity index is 1.96. The minimum Gasteiger partial charge on any atom is -0.374 e. The molecular weight excluding hydrogens is 274 g/mol. The summed E-state index contributed by atoms with van der Waals surface area (Å²) in [4.78, 5) is 27.2. The molecule has 1 aromatic carbocycles. The van der Waals surface area contributed by atoms with Crippen LogP contribution in [-0.2, 0) is 9.59 Å². The van der Waals surface area contributed by atoms with Crippen molar-refractivity contribution in [2.24, 2.45) is 0 Å². The zero-order valence-corrected chi connectivity index (χ0v) is 13.2. The van der Waals surface area contributed by atoms with Crippen molar-refractivity contribution in [3.8, 4) is 0 Å². The second-order valence-electron chi connectivity index (χ2n) is 6.23. The molecule has 0 N–H and O–H groups in total. The average Bonchev–Trinajstić information content (AvgIpc) is 3.08. The van der Waals surface area contributed by atoms with Crippen molar-refractivity contribution in [3.05, 3.63) is 47.2 Å². The highest BCUT2D eigenvalue weighted by molar-refractivity contribution is 6.21. The highest BCUT2D eigenvalue weighted by atomic mass is 16.1. The van der Waals surface area contributed by atoms with E-state index in [-0.39, 0.29) is 17.5 Å². The Labute approximate surface area is 132 Å². The van der Waals surface area contributed by atoms with Gasteiger partial charge >= 0.3 is 0 Å². The molecule has 0 spiro atoms. The number of carbonyl (C=O) groups excluding carboxylic acids is 2. The molecule has 0 radical (unpaired) electrons. The number of benzene rings is 1. The maximum absolute atomic E-state index is 12.6. The number of likely N-dealkylation sites (tertiary alicyclic amines) is 1. The van der Waals surface area contributed by atoms with Crippen LogP contribution in [-0.4, -0.2) is 29.6 Å². The first-order valence-corrected chi connectivity index (χ1v) is 8.30. The van der Waals surface area contributed by atoms with Crippen LogP contribution in [0, 0.1) is 0 Å². The molecule has 2 aliphatic rings. The van der Waals surface area contributed by atoms with Crippen molar-refractivity contribution in [3.63, 3.8) is 0 Å². The number of nitrogens with zero attached hydrogens (tertiary/aromatic N) is 1. The number of hydrogen-bond acceptors (Lipinski definition) is 3. The molecule has 1 unspecified atom stereocenters. The van der Waals surface area contributed by atoms with Crippen LogP contribution in [0.25, 0.3) is 0 Å². The van der Waals surface area contributed by atoms with Gasteiger partial charge in [0.05, 0.1) is 5.57 Å². The third-order valence-electron chi connectivity index (χ3n) is 4.80. The van der Waals surface area contributed by atoms with Crippen LogP contribution in [0.4, 0.5) is 0 Å². The van der Waals surface area contributed by atoms with E-state index in [0.717, 1.165) is 38.0 Å². The Kier molecular flexibility index (Phi) is 4.41. The van der Waals surface area contributed by atoms with Crippen LogP contribution < -0.4 is 0 Å². The smallest absolute Gasteiger partial charge is 0.168 e. The molecule has 1 fully saturated rings. The summed E-state index contributed by atoms with van der Waals surface area (Å²) in [5.74, 6) is 0.255. The molecule has 1 aromatic rings. The van der Waals surface area contributed by atoms with Crippen LogP contribution in [0.1, 0.15) is 50.5 Å². The van der Waals surface area contributed by atoms with Gasteiger partial charge in [0.2, 0.25) is 0 Å². The summed E-state index contributed by atoms with van der Waals surface area (Å²) in [5, 5.41) is 0. The normalized spacial score (nSPS) is 22.3. The molecule has 3 rings (SSSR count). The summed E-state index contributed by atoms with van der Waals surface area (Å²) in [6.07, 6.45) is 4.00. The number of ketones is 2. The lowest BCUT2D eigenvalue weighted by atomic mass is 9.80. The van der Waals surface area contributed by atoms with E-state index in [1.54, 1.807) is 0 Å². The fraction of sp³-hybridized carbons (Fsp3) is 0.474. The topological polar surface area (TPSA) is 37.4 Å². The highest BCUT2D eigenvalue weighted by Crippen LogP contribution is 2.37. The molecule has 1 atom stereocenters. The fourth-order valence-electron chi connectivity index (χ4n) is 3.62. The predicted octanol–water partition coefficient (Wildman–Crippen LogP) is 3.46. The van der Waals surface area contributed by atoms with Gasteiger partial charge in [-0.3, -0.25) is 9.59 Å². The number of rotatable bonds is 4. The second kappa shape index (κ2) is 6.47. The summed E-state index contributed by atoms with van der Waals surface area (Å²) in [7, 11) is 0. The van der Waals surface area contributed by atoms with Crippen molar-refractivity contribution in [1.82, 2.24) is 4.90 Å². The van der Waals surface area contributed by atoms with E-state index in [2.05, 4.69) is 17.0 Å². The monoisotopic (exact) mass is 297 g/mol. The number of Topliss-reactive ketones (excluding diaryl/α,β-unsaturated/α-hetero) is 2. The Bertz CT molecular complexity index is 597. The first kappa shape index (κ1) is 15.0. The van der Waals surface area contributed by atoms with Gasteiger partial charge in [-0.25, -0.2) is 0 Å². The summed E-state index contributed by atoms with van der Waals surface area (Å²) in [6.45, 7) is 3.79. The van der Waals surface area contributed by atoms with E-state index in [1.165, 1.54) is 5.56 Å². The van der Waals surface area contributed by atoms with Crippen molar-refractivity contribution in [2.45, 2.75) is 44.9 Å². The van der Waals surface area contributed by atoms with Gasteiger partial charge in [-0.1, -0.05) is 37.3 Å². The highest BCUT2D eigenvalue weighted by Gasteiger charge is 2.34. The molecule has 1 saturated heterocycles. The third kappa shape index (κ3) is 2.85. The van der Waals surface area contributed by atoms with E-state index in [9.17, 15) is 9.59 Å². The van der Waals surface area contributed by atoms with E-state index in [0.29, 0.717) is 18.4 Å². The van der Waals surface area contributed by atoms with Crippen LogP contribution in [0.2, 0.25) is 0 Å². The first-order chi connectivity index (χ1) is 10.7. The van der Waals surface area contributed by atoms with E-state index >= 15 is 0 Å². The first-order valence-electron chi connectivity index (χ1n) is 8.30. The SMILES string of the molecule is CCC(=O)C1=C(N2CCCC2)CC(c2ccccc2)CC1=O. The lowest BCUT2D eigenvalue weighted by molar-refractivity contribution is -0.122. The van der Waals surface area contributed by atoms with Gasteiger partial charge in [0.15, 0.2) is 11.6 Å². The zero-order chi connectivity index (χ0) is 15.5. The average molecular weight is 297 g/mol. The molecule has 0 saturated carbocycles. The standard InChI is InChI=1S/C19H23NO2/c1-2-17(21)19-16(20-10-6-7-11-20)12-15(13-18(19)22)14-8-4-3-5-9-14/h3-5,8-9,15H,2,6-7,10-13H2,1H3. The Hall–Kier alpha value is -1.90. The molecule has 3 heteroatoms. The van der Waals surface area contributed by atoms with Gasteiger partial charge in [0.1, 0.15) is 0 Å². The summed E-state index contributed by atoms with van der Waals surface area (Å²) < 4.78 is 0. The Morgan fingerprint density at radius 2 is 1.82 bits per heavy atom. The van der Waals surface area contributed by atoms with Crippen molar-refractivity contribution >= 4 is 11.6 Å². The number of carbonyl (C=O) groups is 2. The lowest BCUT2D eigenvalue weighted by Gasteiger charge is -2.32. The van der Waals surface area contributed by atoms with Crippen LogP contribution in [0.3, 0.4) is 0 Å². The molecule has 1 heterocycles. The molecule has 0 bridgehead atoms. The molecule has 1 aliphatic heterocycles. The molecule has 3 nitrogen and oxygen atoms in total. The minimum absolute atomic E-state index is 0.0124.